The monoisotopic (exact) mass is 569 g/mol. The zero-order chi connectivity index (χ0) is 29.3. The average Bonchev–Trinajstić information content (AvgIpc) is 3.64. The fourth-order valence-corrected chi connectivity index (χ4v) is 5.61. The molecule has 1 saturated carbocycles. The fourth-order valence-electron chi connectivity index (χ4n) is 5.61. The van der Waals surface area contributed by atoms with Crippen molar-refractivity contribution < 1.29 is 13.9 Å². The topological polar surface area (TPSA) is 136 Å². The molecule has 5 heterocycles. The number of aryl methyl sites for hydroxylation is 1. The number of halogens is 1. The number of hydrogen-bond acceptors (Lipinski definition) is 8. The third-order valence-corrected chi connectivity index (χ3v) is 8.01. The van der Waals surface area contributed by atoms with Crippen LogP contribution in [0.4, 0.5) is 16.0 Å². The molecule has 42 heavy (non-hydrogen) atoms. The Morgan fingerprint density at radius 2 is 2.00 bits per heavy atom. The van der Waals surface area contributed by atoms with E-state index >= 15 is 0 Å². The van der Waals surface area contributed by atoms with Gasteiger partial charge in [0, 0.05) is 48.8 Å². The first kappa shape index (κ1) is 27.5. The number of fused-ring (bicyclic) bond motifs is 1. The molecule has 0 saturated heterocycles. The summed E-state index contributed by atoms with van der Waals surface area (Å²) >= 11 is 0. The van der Waals surface area contributed by atoms with Crippen LogP contribution in [0.25, 0.3) is 16.6 Å². The Morgan fingerprint density at radius 1 is 1.17 bits per heavy atom. The van der Waals surface area contributed by atoms with Gasteiger partial charge in [-0.15, -0.1) is 0 Å². The number of ether oxygens (including phenoxy) is 1. The molecule has 12 heteroatoms. The van der Waals surface area contributed by atoms with Crippen molar-refractivity contribution in [3.8, 4) is 5.82 Å². The molecule has 5 aromatic rings. The summed E-state index contributed by atoms with van der Waals surface area (Å²) in [4.78, 5) is 27.3. The van der Waals surface area contributed by atoms with Crippen molar-refractivity contribution in [1.29, 1.82) is 0 Å². The maximum absolute atomic E-state index is 13.6. The van der Waals surface area contributed by atoms with Crippen molar-refractivity contribution in [3.05, 3.63) is 84.1 Å². The van der Waals surface area contributed by atoms with Crippen molar-refractivity contribution in [1.82, 2.24) is 40.2 Å². The lowest BCUT2D eigenvalue weighted by molar-refractivity contribution is -0.148. The molecule has 0 unspecified atom stereocenters. The van der Waals surface area contributed by atoms with Crippen LogP contribution in [0.2, 0.25) is 0 Å². The Bertz CT molecular complexity index is 1710. The lowest BCUT2D eigenvalue weighted by Crippen LogP contribution is -2.50. The van der Waals surface area contributed by atoms with Crippen molar-refractivity contribution in [2.45, 2.75) is 57.1 Å². The van der Waals surface area contributed by atoms with Gasteiger partial charge >= 0.3 is 0 Å². The number of amides is 1. The number of methoxy groups -OCH3 is 1. The quantitative estimate of drug-likeness (QED) is 0.236. The first-order valence-electron chi connectivity index (χ1n) is 13.9. The zero-order valence-electron chi connectivity index (χ0n) is 23.6. The van der Waals surface area contributed by atoms with E-state index in [1.165, 1.54) is 10.9 Å². The van der Waals surface area contributed by atoms with Crippen molar-refractivity contribution >= 4 is 28.3 Å². The Balaban J connectivity index is 1.16. The second-order valence-electron chi connectivity index (χ2n) is 10.8. The number of H-pyrrole nitrogens is 1. The van der Waals surface area contributed by atoms with Gasteiger partial charge in [-0.1, -0.05) is 6.07 Å². The summed E-state index contributed by atoms with van der Waals surface area (Å²) in [5.41, 5.74) is 1.79. The van der Waals surface area contributed by atoms with E-state index < -0.39 is 11.4 Å². The molecule has 0 radical (unpaired) electrons. The minimum atomic E-state index is -0.943. The van der Waals surface area contributed by atoms with Gasteiger partial charge in [0.25, 0.3) is 5.91 Å². The maximum atomic E-state index is 13.6. The highest BCUT2D eigenvalue weighted by Gasteiger charge is 2.43. The molecular formula is C30H32FN9O2. The van der Waals surface area contributed by atoms with Crippen LogP contribution in [0.15, 0.2) is 61.3 Å². The average molecular weight is 570 g/mol. The first-order chi connectivity index (χ1) is 20.3. The molecule has 1 amide bonds. The molecule has 6 rings (SSSR count). The highest BCUT2D eigenvalue weighted by atomic mass is 19.1. The summed E-state index contributed by atoms with van der Waals surface area (Å²) in [6.45, 7) is 3.85. The number of carbonyl (C=O) groups is 1. The summed E-state index contributed by atoms with van der Waals surface area (Å²) in [5.74, 6) is 1.45. The second-order valence-corrected chi connectivity index (χ2v) is 10.8. The third kappa shape index (κ3) is 5.45. The van der Waals surface area contributed by atoms with Crippen LogP contribution in [0.3, 0.4) is 0 Å². The van der Waals surface area contributed by atoms with Crippen LogP contribution in [0.1, 0.15) is 61.5 Å². The number of rotatable bonds is 8. The second kappa shape index (κ2) is 11.3. The van der Waals surface area contributed by atoms with E-state index in [0.29, 0.717) is 30.3 Å². The van der Waals surface area contributed by atoms with E-state index in [1.54, 1.807) is 25.6 Å². The molecule has 1 aliphatic rings. The molecular weight excluding hydrogens is 537 g/mol. The number of carbonyl (C=O) groups excluding carboxylic acids is 1. The van der Waals surface area contributed by atoms with Gasteiger partial charge < -0.3 is 15.4 Å². The van der Waals surface area contributed by atoms with Crippen LogP contribution in [-0.2, 0) is 9.53 Å². The van der Waals surface area contributed by atoms with Crippen molar-refractivity contribution in [2.24, 2.45) is 0 Å². The maximum Gasteiger partial charge on any atom is 0.252 e. The standard InChI is InChI=1S/C30H32FN9O2/c1-18-12-26(39-38-18)36-25-13-21-8-11-32-16-24(21)28(37-25)20-6-9-30(42-3,10-7-20)29(41)35-19(2)22-4-5-27(33-14-22)40-17-23(31)15-34-40/h4-5,8,11-17,19-20H,6-7,9-10H2,1-3H3,(H,35,41)(H2,36,37,38,39)/t19-,20-,30+/m0/s1. The minimum Gasteiger partial charge on any atom is -0.368 e. The highest BCUT2D eigenvalue weighted by Crippen LogP contribution is 2.42. The summed E-state index contributed by atoms with van der Waals surface area (Å²) in [7, 11) is 1.60. The van der Waals surface area contributed by atoms with Crippen LogP contribution in [0.5, 0.6) is 0 Å². The van der Waals surface area contributed by atoms with E-state index in [4.69, 9.17) is 9.72 Å². The van der Waals surface area contributed by atoms with E-state index in [2.05, 4.69) is 35.9 Å². The lowest BCUT2D eigenvalue weighted by Gasteiger charge is -2.38. The van der Waals surface area contributed by atoms with Crippen LogP contribution in [-0.4, -0.2) is 53.5 Å². The molecule has 0 aliphatic heterocycles. The van der Waals surface area contributed by atoms with Crippen LogP contribution in [0, 0.1) is 12.7 Å². The predicted molar refractivity (Wildman–Crippen MR) is 155 cm³/mol. The van der Waals surface area contributed by atoms with Crippen molar-refractivity contribution in [2.75, 3.05) is 12.4 Å². The number of pyridine rings is 3. The van der Waals surface area contributed by atoms with Gasteiger partial charge in [0.1, 0.15) is 11.4 Å². The molecule has 1 fully saturated rings. The fraction of sp³-hybridized carbons (Fsp3) is 0.333. The zero-order valence-corrected chi connectivity index (χ0v) is 23.6. The Kier molecular flexibility index (Phi) is 7.38. The molecule has 3 N–H and O–H groups in total. The van der Waals surface area contributed by atoms with Gasteiger partial charge in [-0.2, -0.15) is 10.2 Å². The number of nitrogens with one attached hydrogen (secondary N) is 3. The van der Waals surface area contributed by atoms with Gasteiger partial charge in [-0.3, -0.25) is 14.9 Å². The van der Waals surface area contributed by atoms with Gasteiger partial charge in [0.05, 0.1) is 24.1 Å². The van der Waals surface area contributed by atoms with E-state index in [1.807, 2.05) is 44.3 Å². The predicted octanol–water partition coefficient (Wildman–Crippen LogP) is 5.04. The van der Waals surface area contributed by atoms with Gasteiger partial charge in [0.15, 0.2) is 17.5 Å². The number of aromatic amines is 1. The Morgan fingerprint density at radius 3 is 2.67 bits per heavy atom. The molecule has 1 atom stereocenters. The molecule has 0 aromatic carbocycles. The SMILES string of the molecule is CO[C@]1(C(=O)N[C@@H](C)c2ccc(-n3cc(F)cn3)nc2)CC[C@H](c2nc(Nc3cc(C)[nH]n3)cc3ccncc32)CC1. The molecule has 0 spiro atoms. The van der Waals surface area contributed by atoms with E-state index in [9.17, 15) is 9.18 Å². The van der Waals surface area contributed by atoms with E-state index in [0.717, 1.165) is 46.8 Å². The summed E-state index contributed by atoms with van der Waals surface area (Å²) in [5, 5.41) is 19.6. The minimum absolute atomic E-state index is 0.136. The molecule has 11 nitrogen and oxygen atoms in total. The first-order valence-corrected chi connectivity index (χ1v) is 13.9. The number of aromatic nitrogens is 7. The van der Waals surface area contributed by atoms with Gasteiger partial charge in [-0.05, 0) is 68.7 Å². The van der Waals surface area contributed by atoms with Crippen LogP contribution < -0.4 is 10.6 Å². The van der Waals surface area contributed by atoms with Gasteiger partial charge in [0.2, 0.25) is 0 Å². The third-order valence-electron chi connectivity index (χ3n) is 8.01. The number of nitrogens with zero attached hydrogens (tertiary/aromatic N) is 6. The molecule has 216 valence electrons. The largest absolute Gasteiger partial charge is 0.368 e. The molecule has 1 aliphatic carbocycles. The Hall–Kier alpha value is -4.71. The van der Waals surface area contributed by atoms with E-state index in [-0.39, 0.29) is 17.9 Å². The summed E-state index contributed by atoms with van der Waals surface area (Å²) < 4.78 is 20.6. The molecule has 5 aromatic heterocycles. The number of hydrogen-bond donors (Lipinski definition) is 3. The normalized spacial score (nSPS) is 19.5. The lowest BCUT2D eigenvalue weighted by atomic mass is 9.76. The smallest absolute Gasteiger partial charge is 0.252 e. The highest BCUT2D eigenvalue weighted by molar-refractivity contribution is 5.88. The Labute approximate surface area is 241 Å². The van der Waals surface area contributed by atoms with Crippen molar-refractivity contribution in [3.63, 3.8) is 0 Å². The molecule has 0 bridgehead atoms. The number of anilines is 2. The summed E-state index contributed by atoms with van der Waals surface area (Å²) in [6.07, 6.45) is 10.2. The summed E-state index contributed by atoms with van der Waals surface area (Å²) in [6, 6.07) is 9.19. The van der Waals surface area contributed by atoms with Gasteiger partial charge in [-0.25, -0.2) is 19.0 Å². The van der Waals surface area contributed by atoms with Crippen LogP contribution >= 0.6 is 0 Å².